The van der Waals surface area contributed by atoms with Gasteiger partial charge in [0.2, 0.25) is 0 Å². The van der Waals surface area contributed by atoms with Crippen molar-refractivity contribution in [2.75, 3.05) is 0 Å². The molecule has 6 aromatic carbocycles. The molecule has 8 rings (SSSR count). The van der Waals surface area contributed by atoms with Gasteiger partial charge in [-0.2, -0.15) is 0 Å². The second kappa shape index (κ2) is 9.68. The van der Waals surface area contributed by atoms with Crippen molar-refractivity contribution in [1.29, 1.82) is 0 Å². The van der Waals surface area contributed by atoms with Crippen molar-refractivity contribution in [3.63, 3.8) is 0 Å². The Kier molecular flexibility index (Phi) is 5.83. The highest BCUT2D eigenvalue weighted by molar-refractivity contribution is 6.19. The Morgan fingerprint density at radius 2 is 0.955 bits per heavy atom. The lowest BCUT2D eigenvalue weighted by Crippen LogP contribution is -2.43. The molecule has 1 heterocycles. The van der Waals surface area contributed by atoms with E-state index in [1.165, 1.54) is 38.4 Å². The molecular formula is C41H33N3. The second-order valence-electron chi connectivity index (χ2n) is 12.9. The molecule has 0 saturated heterocycles. The van der Waals surface area contributed by atoms with Crippen LogP contribution < -0.4 is 0 Å². The maximum absolute atomic E-state index is 5.10. The van der Waals surface area contributed by atoms with Crippen LogP contribution in [-0.2, 0) is 10.8 Å². The quantitative estimate of drug-likeness (QED) is 0.199. The van der Waals surface area contributed by atoms with Gasteiger partial charge in [-0.25, -0.2) is 15.0 Å². The number of fused-ring (bicyclic) bond motifs is 7. The fourth-order valence-corrected chi connectivity index (χ4v) is 7.03. The Labute approximate surface area is 258 Å². The highest BCUT2D eigenvalue weighted by atomic mass is 15.0. The highest BCUT2D eigenvalue weighted by Crippen LogP contribution is 2.56. The first-order valence-electron chi connectivity index (χ1n) is 15.3. The van der Waals surface area contributed by atoms with E-state index in [-0.39, 0.29) is 10.8 Å². The van der Waals surface area contributed by atoms with Crippen LogP contribution in [0.4, 0.5) is 0 Å². The van der Waals surface area contributed by atoms with Crippen LogP contribution in [0.25, 0.3) is 66.8 Å². The fourth-order valence-electron chi connectivity index (χ4n) is 7.03. The summed E-state index contributed by atoms with van der Waals surface area (Å²) in [4.78, 5) is 15.1. The smallest absolute Gasteiger partial charge is 0.164 e. The minimum Gasteiger partial charge on any atom is -0.208 e. The third-order valence-corrected chi connectivity index (χ3v) is 10.1. The molecule has 0 amide bonds. The number of hydrogen-bond acceptors (Lipinski definition) is 3. The van der Waals surface area contributed by atoms with E-state index in [1.807, 2.05) is 36.4 Å². The van der Waals surface area contributed by atoms with E-state index < -0.39 is 0 Å². The first-order valence-corrected chi connectivity index (χ1v) is 15.3. The molecular weight excluding hydrogens is 534 g/mol. The molecule has 0 bridgehead atoms. The lowest BCUT2D eigenvalue weighted by molar-refractivity contribution is 0.299. The predicted molar refractivity (Wildman–Crippen MR) is 183 cm³/mol. The molecule has 0 atom stereocenters. The lowest BCUT2D eigenvalue weighted by atomic mass is 9.55. The summed E-state index contributed by atoms with van der Waals surface area (Å²) in [6.45, 7) is 9.56. The van der Waals surface area contributed by atoms with E-state index in [4.69, 9.17) is 15.0 Å². The molecule has 1 aliphatic carbocycles. The topological polar surface area (TPSA) is 38.7 Å². The zero-order valence-corrected chi connectivity index (χ0v) is 25.5. The maximum atomic E-state index is 5.10. The van der Waals surface area contributed by atoms with E-state index in [2.05, 4.69) is 119 Å². The van der Waals surface area contributed by atoms with Crippen molar-refractivity contribution in [2.24, 2.45) is 0 Å². The number of hydrogen-bond donors (Lipinski definition) is 0. The molecule has 212 valence electrons. The molecule has 7 aromatic rings. The minimum atomic E-state index is -0.0615. The molecule has 0 saturated carbocycles. The van der Waals surface area contributed by atoms with Crippen LogP contribution in [-0.4, -0.2) is 15.0 Å². The molecule has 3 nitrogen and oxygen atoms in total. The van der Waals surface area contributed by atoms with Gasteiger partial charge in [0, 0.05) is 16.7 Å². The summed E-state index contributed by atoms with van der Waals surface area (Å²) in [7, 11) is 0. The second-order valence-corrected chi connectivity index (χ2v) is 12.9. The summed E-state index contributed by atoms with van der Waals surface area (Å²) in [5, 5.41) is 4.83. The van der Waals surface area contributed by atoms with Crippen molar-refractivity contribution in [3.8, 4) is 45.3 Å². The molecule has 44 heavy (non-hydrogen) atoms. The molecule has 1 aromatic heterocycles. The van der Waals surface area contributed by atoms with Crippen LogP contribution in [0, 0.1) is 0 Å². The van der Waals surface area contributed by atoms with E-state index in [1.54, 1.807) is 0 Å². The summed E-state index contributed by atoms with van der Waals surface area (Å²) >= 11 is 0. The van der Waals surface area contributed by atoms with Crippen LogP contribution in [0.3, 0.4) is 0 Å². The Bertz CT molecular complexity index is 2160. The molecule has 0 spiro atoms. The number of rotatable bonds is 3. The van der Waals surface area contributed by atoms with Crippen molar-refractivity contribution in [2.45, 2.75) is 38.5 Å². The number of nitrogens with zero attached hydrogens (tertiary/aromatic N) is 3. The average Bonchev–Trinajstić information content (AvgIpc) is 3.07. The van der Waals surface area contributed by atoms with Crippen molar-refractivity contribution in [1.82, 2.24) is 15.0 Å². The lowest BCUT2D eigenvalue weighted by Gasteiger charge is -2.48. The van der Waals surface area contributed by atoms with Gasteiger partial charge in [-0.05, 0) is 60.7 Å². The Morgan fingerprint density at radius 3 is 1.61 bits per heavy atom. The molecule has 0 unspecified atom stereocenters. The van der Waals surface area contributed by atoms with E-state index in [9.17, 15) is 0 Å². The SMILES string of the molecule is CC1(C)c2ccccc2-c2c(ccc3cc(-c4nc(-c5ccccc5)nc(-c5ccccc5)n4)c4ccccc4c23)C1(C)C. The number of aromatic nitrogens is 3. The maximum Gasteiger partial charge on any atom is 0.164 e. The first-order chi connectivity index (χ1) is 21.3. The largest absolute Gasteiger partial charge is 0.208 e. The summed E-state index contributed by atoms with van der Waals surface area (Å²) in [5.41, 5.74) is 8.32. The fraction of sp³-hybridized carbons (Fsp3) is 0.146. The molecule has 1 aliphatic rings. The molecule has 0 aliphatic heterocycles. The summed E-state index contributed by atoms with van der Waals surface area (Å²) in [5.74, 6) is 2.01. The predicted octanol–water partition coefficient (Wildman–Crippen LogP) is 10.4. The summed E-state index contributed by atoms with van der Waals surface area (Å²) in [6, 6.07) is 45.0. The minimum absolute atomic E-state index is 0.0213. The molecule has 0 radical (unpaired) electrons. The summed E-state index contributed by atoms with van der Waals surface area (Å²) in [6.07, 6.45) is 0. The van der Waals surface area contributed by atoms with E-state index in [0.29, 0.717) is 17.5 Å². The van der Waals surface area contributed by atoms with Gasteiger partial charge in [-0.1, -0.05) is 149 Å². The van der Waals surface area contributed by atoms with E-state index in [0.717, 1.165) is 22.1 Å². The Hall–Kier alpha value is -5.15. The number of benzene rings is 6. The Morgan fingerprint density at radius 1 is 0.432 bits per heavy atom. The average molecular weight is 568 g/mol. The normalized spacial score (nSPS) is 14.7. The standard InChI is InChI=1S/C41H33N3/c1-40(2)33-22-14-13-21-31(33)36-34(41(40,3)4)24-23-28-25-32(29-19-11-12-20-30(29)35(28)36)39-43-37(26-15-7-5-8-16-26)42-38(44-39)27-17-9-6-10-18-27/h5-25H,1-4H3. The van der Waals surface area contributed by atoms with Gasteiger partial charge in [-0.3, -0.25) is 0 Å². The van der Waals surface area contributed by atoms with Crippen molar-refractivity contribution >= 4 is 21.5 Å². The van der Waals surface area contributed by atoms with Gasteiger partial charge in [0.15, 0.2) is 17.5 Å². The third kappa shape index (κ3) is 3.85. The zero-order valence-electron chi connectivity index (χ0n) is 25.5. The van der Waals surface area contributed by atoms with E-state index >= 15 is 0 Å². The summed E-state index contributed by atoms with van der Waals surface area (Å²) < 4.78 is 0. The van der Waals surface area contributed by atoms with Gasteiger partial charge in [-0.15, -0.1) is 0 Å². The molecule has 0 N–H and O–H groups in total. The van der Waals surface area contributed by atoms with Gasteiger partial charge in [0.05, 0.1) is 0 Å². The third-order valence-electron chi connectivity index (χ3n) is 10.1. The van der Waals surface area contributed by atoms with Crippen molar-refractivity contribution in [3.05, 3.63) is 139 Å². The van der Waals surface area contributed by atoms with Gasteiger partial charge >= 0.3 is 0 Å². The van der Waals surface area contributed by atoms with Gasteiger partial charge in [0.1, 0.15) is 0 Å². The highest BCUT2D eigenvalue weighted by Gasteiger charge is 2.46. The van der Waals surface area contributed by atoms with Gasteiger partial charge < -0.3 is 0 Å². The van der Waals surface area contributed by atoms with Crippen LogP contribution in [0.15, 0.2) is 127 Å². The molecule has 3 heteroatoms. The first kappa shape index (κ1) is 26.5. The van der Waals surface area contributed by atoms with Crippen LogP contribution >= 0.6 is 0 Å². The van der Waals surface area contributed by atoms with Crippen molar-refractivity contribution < 1.29 is 0 Å². The zero-order chi connectivity index (χ0) is 30.1. The molecule has 0 fully saturated rings. The van der Waals surface area contributed by atoms with Gasteiger partial charge in [0.25, 0.3) is 0 Å². The Balaban J connectivity index is 1.45. The van der Waals surface area contributed by atoms with Crippen LogP contribution in [0.1, 0.15) is 38.8 Å². The monoisotopic (exact) mass is 567 g/mol. The van der Waals surface area contributed by atoms with Crippen LogP contribution in [0.2, 0.25) is 0 Å². The van der Waals surface area contributed by atoms with Crippen LogP contribution in [0.5, 0.6) is 0 Å².